The molecule has 0 saturated carbocycles. The van der Waals surface area contributed by atoms with Crippen LogP contribution >= 0.6 is 15.9 Å². The number of amides is 2. The van der Waals surface area contributed by atoms with E-state index in [-0.39, 0.29) is 23.7 Å². The largest absolute Gasteiger partial charge is 0.358 e. The molecule has 2 aromatic rings. The Balaban J connectivity index is 1.96. The summed E-state index contributed by atoms with van der Waals surface area (Å²) in [5.41, 5.74) is 5.65. The van der Waals surface area contributed by atoms with Gasteiger partial charge in [-0.3, -0.25) is 9.59 Å². The third-order valence-corrected chi connectivity index (χ3v) is 6.86. The molecule has 0 radical (unpaired) electrons. The van der Waals surface area contributed by atoms with E-state index in [9.17, 15) is 9.59 Å². The minimum atomic E-state index is -0.133. The fourth-order valence-electron chi connectivity index (χ4n) is 4.53. The lowest BCUT2D eigenvalue weighted by molar-refractivity contribution is -0.110. The molecule has 3 N–H and O–H groups in total. The van der Waals surface area contributed by atoms with Crippen molar-refractivity contribution in [3.63, 3.8) is 0 Å². The van der Waals surface area contributed by atoms with Crippen molar-refractivity contribution in [3.05, 3.63) is 50.8 Å². The maximum absolute atomic E-state index is 13.4. The minimum Gasteiger partial charge on any atom is -0.358 e. The number of H-pyrrole nitrogens is 1. The first-order valence-corrected chi connectivity index (χ1v) is 13.1. The van der Waals surface area contributed by atoms with Crippen LogP contribution in [0.5, 0.6) is 0 Å². The predicted molar refractivity (Wildman–Crippen MR) is 144 cm³/mol. The van der Waals surface area contributed by atoms with Crippen molar-refractivity contribution in [2.75, 3.05) is 31.5 Å². The Hall–Kier alpha value is -2.38. The predicted octanol–water partition coefficient (Wildman–Crippen LogP) is 5.98. The van der Waals surface area contributed by atoms with Crippen LogP contribution in [0.3, 0.4) is 0 Å². The molecule has 2 amide bonds. The molecule has 0 atom stereocenters. The van der Waals surface area contributed by atoms with E-state index in [1.807, 2.05) is 24.3 Å². The Kier molecular flexibility index (Phi) is 8.77. The second kappa shape index (κ2) is 11.4. The molecule has 3 rings (SSSR count). The van der Waals surface area contributed by atoms with Gasteiger partial charge in [0.15, 0.2) is 0 Å². The Morgan fingerprint density at radius 1 is 1.15 bits per heavy atom. The van der Waals surface area contributed by atoms with Gasteiger partial charge in [-0.15, -0.1) is 0 Å². The fourth-order valence-corrected chi connectivity index (χ4v) is 4.89. The maximum Gasteiger partial charge on any atom is 0.256 e. The molecule has 34 heavy (non-hydrogen) atoms. The Bertz CT molecular complexity index is 1080. The number of aromatic amines is 1. The highest BCUT2D eigenvalue weighted by molar-refractivity contribution is 9.10. The fraction of sp³-hybridized carbons (Fsp3) is 0.481. The van der Waals surface area contributed by atoms with E-state index < -0.39 is 0 Å². The van der Waals surface area contributed by atoms with Gasteiger partial charge in [0.05, 0.1) is 11.1 Å². The summed E-state index contributed by atoms with van der Waals surface area (Å²) in [6.07, 6.45) is 2.81. The quantitative estimate of drug-likeness (QED) is 0.262. The van der Waals surface area contributed by atoms with E-state index in [4.69, 9.17) is 0 Å². The van der Waals surface area contributed by atoms with Gasteiger partial charge in [-0.05, 0) is 67.7 Å². The van der Waals surface area contributed by atoms with Crippen LogP contribution in [0.15, 0.2) is 22.7 Å². The number of carbonyl (C=O) groups is 2. The molecule has 1 aliphatic heterocycles. The zero-order chi connectivity index (χ0) is 25.0. The van der Waals surface area contributed by atoms with Crippen LogP contribution in [0.4, 0.5) is 5.69 Å². The van der Waals surface area contributed by atoms with Gasteiger partial charge in [0.2, 0.25) is 0 Å². The lowest BCUT2D eigenvalue weighted by Gasteiger charge is -2.18. The zero-order valence-electron chi connectivity index (χ0n) is 21.1. The first-order valence-electron chi connectivity index (χ1n) is 12.3. The standard InChI is InChI=1S/C27H37BrN4O2/c1-7-32(8-2)13-9-12-29-27(34)24-23(16(3)4)22(30-25(24)17(5)6)15-20-19-14-18(28)10-11-21(19)31-26(20)33/h10-11,14-17,30H,7-9,12-13H2,1-6H3,(H,29,34)(H,31,33). The minimum absolute atomic E-state index is 0.0492. The van der Waals surface area contributed by atoms with E-state index in [1.165, 1.54) is 0 Å². The second-order valence-corrected chi connectivity index (χ2v) is 10.3. The van der Waals surface area contributed by atoms with Crippen molar-refractivity contribution in [1.82, 2.24) is 15.2 Å². The molecule has 184 valence electrons. The summed E-state index contributed by atoms with van der Waals surface area (Å²) in [6.45, 7) is 16.3. The van der Waals surface area contributed by atoms with Gasteiger partial charge < -0.3 is 20.5 Å². The number of nitrogens with zero attached hydrogens (tertiary/aromatic N) is 1. The third kappa shape index (κ3) is 5.63. The molecule has 1 aromatic carbocycles. The van der Waals surface area contributed by atoms with Crippen LogP contribution in [0.25, 0.3) is 11.6 Å². The molecule has 0 aliphatic carbocycles. The smallest absolute Gasteiger partial charge is 0.256 e. The molecular weight excluding hydrogens is 492 g/mol. The number of hydrogen-bond donors (Lipinski definition) is 3. The lowest BCUT2D eigenvalue weighted by atomic mass is 9.93. The van der Waals surface area contributed by atoms with Gasteiger partial charge in [-0.25, -0.2) is 0 Å². The Morgan fingerprint density at radius 3 is 2.47 bits per heavy atom. The van der Waals surface area contributed by atoms with Gasteiger partial charge in [0.1, 0.15) is 0 Å². The van der Waals surface area contributed by atoms with E-state index >= 15 is 0 Å². The monoisotopic (exact) mass is 528 g/mol. The highest BCUT2D eigenvalue weighted by Crippen LogP contribution is 2.38. The molecule has 0 bridgehead atoms. The lowest BCUT2D eigenvalue weighted by Crippen LogP contribution is -2.30. The summed E-state index contributed by atoms with van der Waals surface area (Å²) < 4.78 is 0.914. The molecule has 7 heteroatoms. The highest BCUT2D eigenvalue weighted by atomic mass is 79.9. The number of hydrogen-bond acceptors (Lipinski definition) is 3. The molecule has 6 nitrogen and oxygen atoms in total. The van der Waals surface area contributed by atoms with E-state index in [2.05, 4.69) is 78.0 Å². The molecule has 0 spiro atoms. The first-order chi connectivity index (χ1) is 16.2. The van der Waals surface area contributed by atoms with Crippen molar-refractivity contribution in [2.24, 2.45) is 0 Å². The van der Waals surface area contributed by atoms with Crippen molar-refractivity contribution >= 4 is 45.1 Å². The van der Waals surface area contributed by atoms with Crippen LogP contribution in [0.2, 0.25) is 0 Å². The zero-order valence-corrected chi connectivity index (χ0v) is 22.7. The van der Waals surface area contributed by atoms with Crippen LogP contribution < -0.4 is 10.6 Å². The number of carbonyl (C=O) groups excluding carboxylic acids is 2. The average molecular weight is 530 g/mol. The van der Waals surface area contributed by atoms with Crippen molar-refractivity contribution in [1.29, 1.82) is 0 Å². The summed E-state index contributed by atoms with van der Waals surface area (Å²) in [7, 11) is 0. The van der Waals surface area contributed by atoms with Crippen molar-refractivity contribution in [3.8, 4) is 0 Å². The molecular formula is C27H37BrN4O2. The molecule has 0 unspecified atom stereocenters. The SMILES string of the molecule is CCN(CC)CCCNC(=O)c1c(C(C)C)[nH]c(C=C2C(=O)Nc3ccc(Br)cc32)c1C(C)C. The van der Waals surface area contributed by atoms with E-state index in [0.29, 0.717) is 17.7 Å². The van der Waals surface area contributed by atoms with Crippen LogP contribution in [-0.2, 0) is 4.79 Å². The number of fused-ring (bicyclic) bond motifs is 1. The maximum atomic E-state index is 13.4. The first kappa shape index (κ1) is 26.2. The van der Waals surface area contributed by atoms with Gasteiger partial charge >= 0.3 is 0 Å². The molecule has 0 saturated heterocycles. The van der Waals surface area contributed by atoms with Gasteiger partial charge in [-0.2, -0.15) is 0 Å². The number of rotatable bonds is 10. The topological polar surface area (TPSA) is 77.2 Å². The molecule has 2 heterocycles. The van der Waals surface area contributed by atoms with Crippen LogP contribution in [-0.4, -0.2) is 47.9 Å². The van der Waals surface area contributed by atoms with E-state index in [1.54, 1.807) is 0 Å². The number of anilines is 1. The Morgan fingerprint density at radius 2 is 1.85 bits per heavy atom. The van der Waals surface area contributed by atoms with Gasteiger partial charge in [-0.1, -0.05) is 57.5 Å². The number of nitrogens with one attached hydrogen (secondary N) is 3. The summed E-state index contributed by atoms with van der Waals surface area (Å²) in [5.74, 6) is 0.0659. The third-order valence-electron chi connectivity index (χ3n) is 6.36. The Labute approximate surface area is 211 Å². The molecule has 1 aliphatic rings. The summed E-state index contributed by atoms with van der Waals surface area (Å²) >= 11 is 3.51. The normalized spacial score (nSPS) is 14.4. The number of benzene rings is 1. The summed E-state index contributed by atoms with van der Waals surface area (Å²) in [6, 6.07) is 5.76. The average Bonchev–Trinajstić information content (AvgIpc) is 3.32. The summed E-state index contributed by atoms with van der Waals surface area (Å²) in [4.78, 5) is 32.0. The molecule has 1 aromatic heterocycles. The van der Waals surface area contributed by atoms with Gasteiger partial charge in [0, 0.05) is 33.7 Å². The van der Waals surface area contributed by atoms with Crippen molar-refractivity contribution < 1.29 is 9.59 Å². The highest BCUT2D eigenvalue weighted by Gasteiger charge is 2.29. The number of halogens is 1. The second-order valence-electron chi connectivity index (χ2n) is 9.39. The summed E-state index contributed by atoms with van der Waals surface area (Å²) in [5, 5.41) is 6.08. The number of aromatic nitrogens is 1. The van der Waals surface area contributed by atoms with Gasteiger partial charge in [0.25, 0.3) is 11.8 Å². The van der Waals surface area contributed by atoms with Crippen molar-refractivity contribution in [2.45, 2.75) is 59.8 Å². The van der Waals surface area contributed by atoms with E-state index in [0.717, 1.165) is 58.7 Å². The molecule has 0 fully saturated rings. The van der Waals surface area contributed by atoms with Crippen LogP contribution in [0, 0.1) is 0 Å². The van der Waals surface area contributed by atoms with Crippen LogP contribution in [0.1, 0.15) is 92.7 Å².